The topological polar surface area (TPSA) is 74.2 Å². The largest absolute Gasteiger partial charge is 0.423 e. The molecule has 0 atom stereocenters. The molecule has 3 aromatic heterocycles. The van der Waals surface area contributed by atoms with Gasteiger partial charge in [0.2, 0.25) is 0 Å². The van der Waals surface area contributed by atoms with Crippen LogP contribution in [0.5, 0.6) is 0 Å². The number of nitrogens with zero attached hydrogens (tertiary/aromatic N) is 8. The van der Waals surface area contributed by atoms with Crippen molar-refractivity contribution in [2.24, 2.45) is 0 Å². The minimum atomic E-state index is -0.145. The molecule has 1 fully saturated rings. The second-order valence-electron chi connectivity index (χ2n) is 13.4. The first-order chi connectivity index (χ1) is 26.8. The van der Waals surface area contributed by atoms with E-state index in [2.05, 4.69) is 164 Å². The number of fused-ring (bicyclic) bond motifs is 6. The van der Waals surface area contributed by atoms with E-state index in [0.717, 1.165) is 5.57 Å². The summed E-state index contributed by atoms with van der Waals surface area (Å²) in [5.41, 5.74) is 9.43. The van der Waals surface area contributed by atoms with Gasteiger partial charge in [0.1, 0.15) is 11.4 Å². The molecule has 11 heteroatoms. The Morgan fingerprint density at radius 1 is 0.444 bits per heavy atom. The normalized spacial score (nSPS) is 15.7. The lowest BCUT2D eigenvalue weighted by Gasteiger charge is -2.55. The van der Waals surface area contributed by atoms with Gasteiger partial charge in [0, 0.05) is 18.0 Å². The highest BCUT2D eigenvalue weighted by atomic mass is 15.3. The smallest absolute Gasteiger partial charge is 0.388 e. The molecule has 0 amide bonds. The zero-order valence-corrected chi connectivity index (χ0v) is 29.2. The van der Waals surface area contributed by atoms with Crippen molar-refractivity contribution in [3.8, 4) is 34.2 Å². The lowest BCUT2D eigenvalue weighted by Crippen LogP contribution is -2.74. The van der Waals surface area contributed by atoms with Crippen LogP contribution in [0.2, 0.25) is 0 Å². The maximum absolute atomic E-state index is 4.99. The summed E-state index contributed by atoms with van der Waals surface area (Å²) in [5, 5.41) is 0. The van der Waals surface area contributed by atoms with Crippen LogP contribution in [0.3, 0.4) is 0 Å². The predicted molar refractivity (Wildman–Crippen MR) is 219 cm³/mol. The number of hydrogen-bond donors (Lipinski definition) is 0. The summed E-state index contributed by atoms with van der Waals surface area (Å²) in [4.78, 5) is 23.9. The third kappa shape index (κ3) is 5.76. The van der Waals surface area contributed by atoms with Crippen LogP contribution in [0.15, 0.2) is 189 Å². The zero-order chi connectivity index (χ0) is 35.8. The zero-order valence-electron chi connectivity index (χ0n) is 29.2. The summed E-state index contributed by atoms with van der Waals surface area (Å²) < 4.78 is 7.28. The molecule has 0 radical (unpaired) electrons. The van der Waals surface area contributed by atoms with Crippen LogP contribution in [0.1, 0.15) is 17.0 Å². The van der Waals surface area contributed by atoms with Crippen molar-refractivity contribution >= 4 is 37.6 Å². The van der Waals surface area contributed by atoms with E-state index in [9.17, 15) is 0 Å². The first kappa shape index (κ1) is 31.7. The maximum Gasteiger partial charge on any atom is 0.388 e. The van der Waals surface area contributed by atoms with Crippen molar-refractivity contribution in [1.29, 1.82) is 0 Å². The van der Waals surface area contributed by atoms with E-state index in [0.29, 0.717) is 28.9 Å². The van der Waals surface area contributed by atoms with Crippen LogP contribution in [0, 0.1) is 0 Å². The van der Waals surface area contributed by atoms with Crippen LogP contribution < -0.4 is 0 Å². The Kier molecular flexibility index (Phi) is 7.94. The van der Waals surface area contributed by atoms with Crippen molar-refractivity contribution in [1.82, 2.24) is 39.1 Å². The van der Waals surface area contributed by atoms with Gasteiger partial charge in [0.25, 0.3) is 0 Å². The summed E-state index contributed by atoms with van der Waals surface area (Å²) in [7, 11) is 0. The quantitative estimate of drug-likeness (QED) is 0.164. The molecule has 54 heavy (non-hydrogen) atoms. The van der Waals surface area contributed by atoms with E-state index in [1.807, 2.05) is 36.4 Å². The van der Waals surface area contributed by atoms with Crippen LogP contribution in [-0.2, 0) is 0 Å². The summed E-state index contributed by atoms with van der Waals surface area (Å²) >= 11 is 0. The summed E-state index contributed by atoms with van der Waals surface area (Å²) in [5.74, 6) is 6.23. The van der Waals surface area contributed by atoms with Gasteiger partial charge in [-0.3, -0.25) is 9.97 Å². The Balaban J connectivity index is 1.08. The standard InChI is InChI=1S/C43H31B3N8/c1-3-13-32(14-4-1)34-17-11-18-35(29-34)36-22-28-54-44(30-36)52-27-23-37(31-45(52)53-26-12-19-38(46(53)54)33-15-5-2-6-16-33)41-49-42(39-20-7-9-24-47-39)51-43(50-41)40-21-8-10-25-48-40/h1-31H. The highest BCUT2D eigenvalue weighted by Gasteiger charge is 2.53. The minimum absolute atomic E-state index is 0.0659. The Labute approximate surface area is 315 Å². The molecule has 0 aliphatic carbocycles. The molecule has 7 heterocycles. The monoisotopic (exact) mass is 692 g/mol. The molecule has 0 saturated carbocycles. The summed E-state index contributed by atoms with van der Waals surface area (Å²) in [6.07, 6.45) is 18.9. The average molecular weight is 692 g/mol. The fraction of sp³-hybridized carbons (Fsp3) is 0. The molecule has 252 valence electrons. The lowest BCUT2D eigenvalue weighted by atomic mass is 9.38. The molecule has 0 spiro atoms. The van der Waals surface area contributed by atoms with Crippen LogP contribution >= 0.6 is 0 Å². The van der Waals surface area contributed by atoms with E-state index < -0.39 is 0 Å². The molecule has 4 aliphatic heterocycles. The van der Waals surface area contributed by atoms with E-state index in [1.54, 1.807) is 12.4 Å². The Bertz CT molecular complexity index is 2480. The predicted octanol–water partition coefficient (Wildman–Crippen LogP) is 7.80. The second-order valence-corrected chi connectivity index (χ2v) is 13.4. The lowest BCUT2D eigenvalue weighted by molar-refractivity contribution is 0.625. The highest BCUT2D eigenvalue weighted by molar-refractivity contribution is 6.97. The first-order valence-corrected chi connectivity index (χ1v) is 18.1. The van der Waals surface area contributed by atoms with Gasteiger partial charge in [0.15, 0.2) is 17.5 Å². The van der Waals surface area contributed by atoms with Gasteiger partial charge in [0.05, 0.1) is 0 Å². The number of benzene rings is 3. The average Bonchev–Trinajstić information content (AvgIpc) is 3.27. The molecular formula is C43H31B3N8. The van der Waals surface area contributed by atoms with Gasteiger partial charge >= 0.3 is 20.9 Å². The SMILES string of the molecule is C1=CN2B3C=C(c4nc(-c5ccccn5)nc(-c5ccccn5)n4)C=CN3B3C=C(c4cccc(-c5ccccc5)c4)C=CN3B2C(c2ccccc2)=C1. The van der Waals surface area contributed by atoms with Gasteiger partial charge in [-0.2, -0.15) is 0 Å². The van der Waals surface area contributed by atoms with E-state index >= 15 is 0 Å². The van der Waals surface area contributed by atoms with Crippen molar-refractivity contribution in [3.05, 3.63) is 206 Å². The number of rotatable bonds is 6. The van der Waals surface area contributed by atoms with Gasteiger partial charge < -0.3 is 14.2 Å². The fourth-order valence-electron chi connectivity index (χ4n) is 7.64. The fourth-order valence-corrected chi connectivity index (χ4v) is 7.64. The number of aromatic nitrogens is 5. The molecule has 1 saturated heterocycles. The third-order valence-electron chi connectivity index (χ3n) is 10.2. The third-order valence-corrected chi connectivity index (χ3v) is 10.2. The molecule has 8 nitrogen and oxygen atoms in total. The van der Waals surface area contributed by atoms with Crippen LogP contribution in [-0.4, -0.2) is 60.0 Å². The van der Waals surface area contributed by atoms with Gasteiger partial charge in [-0.15, -0.1) is 0 Å². The number of allylic oxidation sites excluding steroid dienone is 6. The molecule has 3 aromatic carbocycles. The molecule has 0 bridgehead atoms. The van der Waals surface area contributed by atoms with E-state index in [4.69, 9.17) is 15.0 Å². The van der Waals surface area contributed by atoms with Crippen molar-refractivity contribution in [2.75, 3.05) is 0 Å². The van der Waals surface area contributed by atoms with E-state index in [-0.39, 0.29) is 20.9 Å². The van der Waals surface area contributed by atoms with Crippen molar-refractivity contribution in [2.45, 2.75) is 0 Å². The second kappa shape index (κ2) is 13.5. The molecule has 4 aliphatic rings. The Morgan fingerprint density at radius 2 is 1.00 bits per heavy atom. The molecule has 6 aromatic rings. The van der Waals surface area contributed by atoms with Gasteiger partial charge in [-0.25, -0.2) is 15.0 Å². The number of hydrogen-bond acceptors (Lipinski definition) is 8. The Hall–Kier alpha value is -7.00. The van der Waals surface area contributed by atoms with Gasteiger partial charge in [-0.05, 0) is 100 Å². The van der Waals surface area contributed by atoms with Gasteiger partial charge in [-0.1, -0.05) is 109 Å². The van der Waals surface area contributed by atoms with E-state index in [1.165, 1.54) is 33.3 Å². The summed E-state index contributed by atoms with van der Waals surface area (Å²) in [6.45, 7) is -0.285. The van der Waals surface area contributed by atoms with Crippen LogP contribution in [0.25, 0.3) is 50.8 Å². The van der Waals surface area contributed by atoms with Crippen molar-refractivity contribution in [3.63, 3.8) is 0 Å². The van der Waals surface area contributed by atoms with Crippen LogP contribution in [0.4, 0.5) is 0 Å². The molecular weight excluding hydrogens is 661 g/mol. The molecule has 0 unspecified atom stereocenters. The molecule has 10 rings (SSSR count). The number of pyridine rings is 2. The Morgan fingerprint density at radius 3 is 1.69 bits per heavy atom. The highest BCUT2D eigenvalue weighted by Crippen LogP contribution is 2.38. The molecule has 0 N–H and O–H groups in total. The minimum Gasteiger partial charge on any atom is -0.423 e. The van der Waals surface area contributed by atoms with Crippen molar-refractivity contribution < 1.29 is 0 Å². The summed E-state index contributed by atoms with van der Waals surface area (Å²) in [6, 6.07) is 41.5. The first-order valence-electron chi connectivity index (χ1n) is 18.1. The maximum atomic E-state index is 4.99.